The van der Waals surface area contributed by atoms with E-state index in [2.05, 4.69) is 0 Å². The third-order valence-corrected chi connectivity index (χ3v) is 4.71. The first kappa shape index (κ1) is 16.5. The Morgan fingerprint density at radius 2 is 1.71 bits per heavy atom. The van der Waals surface area contributed by atoms with Crippen molar-refractivity contribution >= 4 is 29.4 Å². The molecule has 3 rings (SSSR count). The summed E-state index contributed by atoms with van der Waals surface area (Å²) in [6.07, 6.45) is 0.0936. The Kier molecular flexibility index (Phi) is 4.57. The average Bonchev–Trinajstić information content (AvgIpc) is 2.58. The van der Waals surface area contributed by atoms with Gasteiger partial charge in [0.25, 0.3) is 0 Å². The van der Waals surface area contributed by atoms with Gasteiger partial charge in [-0.25, -0.2) is 9.10 Å². The maximum absolute atomic E-state index is 12.7. The van der Waals surface area contributed by atoms with Gasteiger partial charge in [0.15, 0.2) is 0 Å². The number of hydrogen-bond donors (Lipinski definition) is 0. The van der Waals surface area contributed by atoms with Crippen LogP contribution in [-0.2, 0) is 0 Å². The first-order valence-corrected chi connectivity index (χ1v) is 8.47. The molecule has 1 aliphatic heterocycles. The zero-order valence-electron chi connectivity index (χ0n) is 14.1. The van der Waals surface area contributed by atoms with Crippen molar-refractivity contribution in [3.05, 3.63) is 42.5 Å². The summed E-state index contributed by atoms with van der Waals surface area (Å²) >= 11 is 1.41. The molecule has 5 nitrogen and oxygen atoms in total. The van der Waals surface area contributed by atoms with Crippen molar-refractivity contribution in [3.8, 4) is 11.5 Å². The predicted molar refractivity (Wildman–Crippen MR) is 97.3 cm³/mol. The van der Waals surface area contributed by atoms with Gasteiger partial charge in [0.05, 0.1) is 29.5 Å². The van der Waals surface area contributed by atoms with Crippen LogP contribution in [0, 0.1) is 0 Å². The monoisotopic (exact) mass is 344 g/mol. The number of ether oxygens (including phenoxy) is 2. The topological polar surface area (TPSA) is 42.0 Å². The van der Waals surface area contributed by atoms with Crippen LogP contribution in [0.5, 0.6) is 11.5 Å². The van der Waals surface area contributed by atoms with Gasteiger partial charge in [-0.1, -0.05) is 0 Å². The summed E-state index contributed by atoms with van der Waals surface area (Å²) in [7, 11) is 3.40. The number of nitrogens with zero attached hydrogens (tertiary/aromatic N) is 2. The molecule has 0 unspecified atom stereocenters. The van der Waals surface area contributed by atoms with Gasteiger partial charge in [-0.2, -0.15) is 0 Å². The number of carbonyl (C=O) groups excluding carboxylic acids is 1. The molecule has 0 radical (unpaired) electrons. The van der Waals surface area contributed by atoms with Crippen molar-refractivity contribution in [3.63, 3.8) is 0 Å². The number of rotatable bonds is 4. The van der Waals surface area contributed by atoms with Crippen LogP contribution in [0.15, 0.2) is 47.4 Å². The standard InChI is InChI=1S/C18H20N2O3S/c1-12(2)23-15-9-10-17-16(11-15)19(3)18(21)20(24-17)13-5-7-14(22-4)8-6-13/h5-12H,1-4H3. The van der Waals surface area contributed by atoms with Crippen molar-refractivity contribution < 1.29 is 14.3 Å². The van der Waals surface area contributed by atoms with Crippen LogP contribution in [0.4, 0.5) is 16.2 Å². The fraction of sp³-hybridized carbons (Fsp3) is 0.278. The Balaban J connectivity index is 1.91. The van der Waals surface area contributed by atoms with Gasteiger partial charge in [0, 0.05) is 13.1 Å². The lowest BCUT2D eigenvalue weighted by atomic mass is 10.2. The SMILES string of the molecule is COc1ccc(N2Sc3ccc(OC(C)C)cc3N(C)C2=O)cc1. The molecule has 0 saturated heterocycles. The Morgan fingerprint density at radius 3 is 2.33 bits per heavy atom. The lowest BCUT2D eigenvalue weighted by Crippen LogP contribution is -2.40. The fourth-order valence-electron chi connectivity index (χ4n) is 2.44. The van der Waals surface area contributed by atoms with E-state index in [0.29, 0.717) is 0 Å². The number of hydrogen-bond acceptors (Lipinski definition) is 4. The molecule has 0 fully saturated rings. The van der Waals surface area contributed by atoms with E-state index in [1.165, 1.54) is 11.9 Å². The second-order valence-electron chi connectivity index (χ2n) is 5.72. The number of amides is 2. The van der Waals surface area contributed by atoms with Crippen LogP contribution in [0.1, 0.15) is 13.8 Å². The van der Waals surface area contributed by atoms with Gasteiger partial charge >= 0.3 is 6.03 Å². The average molecular weight is 344 g/mol. The van der Waals surface area contributed by atoms with Crippen molar-refractivity contribution in [1.82, 2.24) is 0 Å². The molecule has 0 saturated carbocycles. The van der Waals surface area contributed by atoms with E-state index < -0.39 is 0 Å². The largest absolute Gasteiger partial charge is 0.497 e. The molecule has 0 atom stereocenters. The van der Waals surface area contributed by atoms with E-state index in [9.17, 15) is 4.79 Å². The summed E-state index contributed by atoms with van der Waals surface area (Å²) in [6, 6.07) is 13.2. The summed E-state index contributed by atoms with van der Waals surface area (Å²) in [5.41, 5.74) is 1.67. The molecule has 0 spiro atoms. The van der Waals surface area contributed by atoms with Gasteiger partial charge < -0.3 is 9.47 Å². The molecule has 24 heavy (non-hydrogen) atoms. The van der Waals surface area contributed by atoms with E-state index >= 15 is 0 Å². The molecule has 2 aromatic rings. The predicted octanol–water partition coefficient (Wildman–Crippen LogP) is 4.57. The number of methoxy groups -OCH3 is 1. The number of benzene rings is 2. The van der Waals surface area contributed by atoms with E-state index in [1.807, 2.05) is 56.3 Å². The zero-order valence-corrected chi connectivity index (χ0v) is 15.0. The minimum atomic E-state index is -0.0978. The van der Waals surface area contributed by atoms with Gasteiger partial charge in [-0.15, -0.1) is 0 Å². The second kappa shape index (κ2) is 6.65. The van der Waals surface area contributed by atoms with E-state index in [4.69, 9.17) is 9.47 Å². The first-order chi connectivity index (χ1) is 11.5. The Labute approximate surface area is 146 Å². The summed E-state index contributed by atoms with van der Waals surface area (Å²) in [6.45, 7) is 3.96. The molecule has 0 aliphatic carbocycles. The summed E-state index contributed by atoms with van der Waals surface area (Å²) in [4.78, 5) is 15.4. The maximum atomic E-state index is 12.7. The number of fused-ring (bicyclic) bond motifs is 1. The van der Waals surface area contributed by atoms with Crippen LogP contribution >= 0.6 is 11.9 Å². The smallest absolute Gasteiger partial charge is 0.339 e. The number of urea groups is 1. The third-order valence-electron chi connectivity index (χ3n) is 3.62. The van der Waals surface area contributed by atoms with Gasteiger partial charge in [0.2, 0.25) is 0 Å². The summed E-state index contributed by atoms with van der Waals surface area (Å²) in [5, 5.41) is 0. The molecule has 2 aromatic carbocycles. The van der Waals surface area contributed by atoms with Crippen LogP contribution in [0.25, 0.3) is 0 Å². The van der Waals surface area contributed by atoms with Crippen molar-refractivity contribution in [2.24, 2.45) is 0 Å². The van der Waals surface area contributed by atoms with Gasteiger partial charge in [0.1, 0.15) is 11.5 Å². The minimum absolute atomic E-state index is 0.0936. The number of carbonyl (C=O) groups is 1. The summed E-state index contributed by atoms with van der Waals surface area (Å²) < 4.78 is 12.6. The highest BCUT2D eigenvalue weighted by Crippen LogP contribution is 2.42. The summed E-state index contributed by atoms with van der Waals surface area (Å²) in [5.74, 6) is 1.53. The highest BCUT2D eigenvalue weighted by atomic mass is 32.2. The van der Waals surface area contributed by atoms with Crippen LogP contribution in [0.2, 0.25) is 0 Å². The lowest BCUT2D eigenvalue weighted by molar-refractivity contribution is 0.242. The molecule has 0 aromatic heterocycles. The zero-order chi connectivity index (χ0) is 17.3. The van der Waals surface area contributed by atoms with Crippen molar-refractivity contribution in [2.75, 3.05) is 23.4 Å². The van der Waals surface area contributed by atoms with Gasteiger partial charge in [-0.05, 0) is 62.2 Å². The van der Waals surface area contributed by atoms with Crippen LogP contribution in [0.3, 0.4) is 0 Å². The highest BCUT2D eigenvalue weighted by molar-refractivity contribution is 8.01. The van der Waals surface area contributed by atoms with E-state index in [0.717, 1.165) is 27.8 Å². The molecular weight excluding hydrogens is 324 g/mol. The molecular formula is C18H20N2O3S. The Bertz CT molecular complexity index is 746. The Hall–Kier alpha value is -2.34. The van der Waals surface area contributed by atoms with E-state index in [1.54, 1.807) is 23.4 Å². The molecule has 0 bridgehead atoms. The van der Waals surface area contributed by atoms with Gasteiger partial charge in [-0.3, -0.25) is 4.90 Å². The van der Waals surface area contributed by atoms with Crippen LogP contribution in [-0.4, -0.2) is 26.3 Å². The molecule has 6 heteroatoms. The minimum Gasteiger partial charge on any atom is -0.497 e. The van der Waals surface area contributed by atoms with Crippen LogP contribution < -0.4 is 18.7 Å². The van der Waals surface area contributed by atoms with Crippen molar-refractivity contribution in [2.45, 2.75) is 24.8 Å². The molecule has 1 heterocycles. The first-order valence-electron chi connectivity index (χ1n) is 7.70. The normalized spacial score (nSPS) is 14.0. The fourth-order valence-corrected chi connectivity index (χ4v) is 3.48. The molecule has 1 aliphatic rings. The molecule has 0 N–H and O–H groups in total. The third kappa shape index (κ3) is 3.14. The lowest BCUT2D eigenvalue weighted by Gasteiger charge is -2.34. The maximum Gasteiger partial charge on any atom is 0.339 e. The second-order valence-corrected chi connectivity index (χ2v) is 6.71. The molecule has 126 valence electrons. The highest BCUT2D eigenvalue weighted by Gasteiger charge is 2.30. The number of anilines is 2. The quantitative estimate of drug-likeness (QED) is 0.762. The van der Waals surface area contributed by atoms with E-state index in [-0.39, 0.29) is 12.1 Å². The molecule has 2 amide bonds. The Morgan fingerprint density at radius 1 is 1.04 bits per heavy atom. The van der Waals surface area contributed by atoms with Crippen molar-refractivity contribution in [1.29, 1.82) is 0 Å².